The largest absolute Gasteiger partial charge is 0.389 e. The Labute approximate surface area is 121 Å². The Bertz CT molecular complexity index is 426. The van der Waals surface area contributed by atoms with Crippen LogP contribution >= 0.6 is 0 Å². The van der Waals surface area contributed by atoms with E-state index in [1.54, 1.807) is 7.11 Å². The molecule has 1 rings (SSSR count). The summed E-state index contributed by atoms with van der Waals surface area (Å²) in [5, 5.41) is 13.1. The van der Waals surface area contributed by atoms with Crippen LogP contribution in [0.25, 0.3) is 0 Å². The molecule has 0 saturated heterocycles. The van der Waals surface area contributed by atoms with Crippen LogP contribution in [0.3, 0.4) is 0 Å². The van der Waals surface area contributed by atoms with Gasteiger partial charge >= 0.3 is 0 Å². The molecule has 0 aliphatic carbocycles. The van der Waals surface area contributed by atoms with Crippen LogP contribution in [-0.4, -0.2) is 55.0 Å². The normalized spacial score (nSPS) is 12.3. The summed E-state index contributed by atoms with van der Waals surface area (Å²) in [4.78, 5) is 11.0. The van der Waals surface area contributed by atoms with E-state index in [0.29, 0.717) is 13.2 Å². The highest BCUT2D eigenvalue weighted by Gasteiger charge is 2.16. The van der Waals surface area contributed by atoms with Crippen LogP contribution in [0.5, 0.6) is 0 Å². The van der Waals surface area contributed by atoms with Gasteiger partial charge in [0.25, 0.3) is 0 Å². The number of hydrogen-bond acceptors (Lipinski definition) is 6. The van der Waals surface area contributed by atoms with Crippen molar-refractivity contribution in [1.82, 2.24) is 9.97 Å². The molecular formula is C14H26N4O2. The smallest absolute Gasteiger partial charge is 0.137 e. The fourth-order valence-corrected chi connectivity index (χ4v) is 2.07. The minimum absolute atomic E-state index is 0.315. The van der Waals surface area contributed by atoms with Gasteiger partial charge in [-0.05, 0) is 13.8 Å². The van der Waals surface area contributed by atoms with E-state index < -0.39 is 6.10 Å². The van der Waals surface area contributed by atoms with Crippen molar-refractivity contribution < 1.29 is 9.84 Å². The van der Waals surface area contributed by atoms with Gasteiger partial charge in [-0.2, -0.15) is 0 Å². The predicted octanol–water partition coefficient (Wildman–Crippen LogP) is 1.22. The summed E-state index contributed by atoms with van der Waals surface area (Å²) in [6.07, 6.45) is 0.243. The van der Waals surface area contributed by atoms with Crippen LogP contribution in [0.15, 0.2) is 0 Å². The van der Waals surface area contributed by atoms with Gasteiger partial charge in [-0.25, -0.2) is 9.97 Å². The van der Waals surface area contributed by atoms with E-state index in [4.69, 9.17) is 4.74 Å². The Morgan fingerprint density at radius 2 is 2.05 bits per heavy atom. The lowest BCUT2D eigenvalue weighted by Crippen LogP contribution is -2.33. The monoisotopic (exact) mass is 282 g/mol. The van der Waals surface area contributed by atoms with Gasteiger partial charge in [-0.3, -0.25) is 0 Å². The van der Waals surface area contributed by atoms with Crippen molar-refractivity contribution in [3.8, 4) is 0 Å². The number of methoxy groups -OCH3 is 1. The van der Waals surface area contributed by atoms with Crippen molar-refractivity contribution in [2.75, 3.05) is 44.1 Å². The zero-order valence-electron chi connectivity index (χ0n) is 13.1. The number of likely N-dealkylation sites (N-methyl/N-ethyl adjacent to an activating group) is 1. The van der Waals surface area contributed by atoms with Gasteiger partial charge < -0.3 is 20.1 Å². The number of rotatable bonds is 8. The molecule has 1 aromatic heterocycles. The number of hydrogen-bond donors (Lipinski definition) is 2. The molecule has 1 heterocycles. The molecule has 0 fully saturated rings. The number of aliphatic hydroxyl groups is 1. The van der Waals surface area contributed by atoms with Crippen molar-refractivity contribution in [3.63, 3.8) is 0 Å². The molecule has 0 radical (unpaired) electrons. The van der Waals surface area contributed by atoms with Gasteiger partial charge in [0, 0.05) is 39.2 Å². The standard InChI is InChI=1S/C14H26N4O2/c1-6-12-16-13(15-7-2)10(3)14(17-12)18(4)8-11(19)9-20-5/h11,19H,6-9H2,1-5H3,(H,15,16,17). The van der Waals surface area contributed by atoms with Crippen molar-refractivity contribution in [2.45, 2.75) is 33.3 Å². The molecule has 0 spiro atoms. The molecule has 1 atom stereocenters. The Morgan fingerprint density at radius 1 is 1.35 bits per heavy atom. The first kappa shape index (κ1) is 16.7. The summed E-state index contributed by atoms with van der Waals surface area (Å²) in [6, 6.07) is 0. The number of aryl methyl sites for hydroxylation is 1. The van der Waals surface area contributed by atoms with E-state index in [0.717, 1.165) is 36.0 Å². The number of aromatic nitrogens is 2. The number of nitrogens with one attached hydrogen (secondary N) is 1. The van der Waals surface area contributed by atoms with E-state index in [2.05, 4.69) is 15.3 Å². The summed E-state index contributed by atoms with van der Waals surface area (Å²) in [6.45, 7) is 7.67. The summed E-state index contributed by atoms with van der Waals surface area (Å²) in [7, 11) is 3.50. The van der Waals surface area contributed by atoms with Crippen LogP contribution < -0.4 is 10.2 Å². The van der Waals surface area contributed by atoms with Gasteiger partial charge in [-0.1, -0.05) is 6.92 Å². The molecule has 0 amide bonds. The van der Waals surface area contributed by atoms with Crippen molar-refractivity contribution in [2.24, 2.45) is 0 Å². The van der Waals surface area contributed by atoms with Crippen LogP contribution in [-0.2, 0) is 11.2 Å². The number of aliphatic hydroxyl groups excluding tert-OH is 1. The van der Waals surface area contributed by atoms with E-state index in [1.807, 2.05) is 32.7 Å². The maximum absolute atomic E-state index is 9.85. The first-order valence-electron chi connectivity index (χ1n) is 7.02. The van der Waals surface area contributed by atoms with Gasteiger partial charge in [0.05, 0.1) is 12.7 Å². The second-order valence-corrected chi connectivity index (χ2v) is 4.81. The van der Waals surface area contributed by atoms with Crippen LogP contribution in [0.4, 0.5) is 11.6 Å². The number of anilines is 2. The first-order chi connectivity index (χ1) is 9.53. The SMILES string of the molecule is CCNc1nc(CC)nc(N(C)CC(O)COC)c1C. The third-order valence-electron chi connectivity index (χ3n) is 3.03. The number of ether oxygens (including phenoxy) is 1. The number of nitrogens with zero attached hydrogens (tertiary/aromatic N) is 3. The maximum Gasteiger partial charge on any atom is 0.137 e. The molecule has 114 valence electrons. The summed E-state index contributed by atoms with van der Waals surface area (Å²) in [5.74, 6) is 2.51. The second-order valence-electron chi connectivity index (χ2n) is 4.81. The fourth-order valence-electron chi connectivity index (χ4n) is 2.07. The van der Waals surface area contributed by atoms with Gasteiger partial charge in [-0.15, -0.1) is 0 Å². The van der Waals surface area contributed by atoms with E-state index >= 15 is 0 Å². The Balaban J connectivity index is 2.99. The molecule has 0 bridgehead atoms. The molecule has 1 unspecified atom stereocenters. The lowest BCUT2D eigenvalue weighted by atomic mass is 10.2. The molecule has 0 aromatic carbocycles. The van der Waals surface area contributed by atoms with E-state index in [-0.39, 0.29) is 0 Å². The van der Waals surface area contributed by atoms with Crippen molar-refractivity contribution >= 4 is 11.6 Å². The highest BCUT2D eigenvalue weighted by atomic mass is 16.5. The topological polar surface area (TPSA) is 70.5 Å². The molecule has 0 saturated carbocycles. The van der Waals surface area contributed by atoms with Gasteiger partial charge in [0.15, 0.2) is 0 Å². The highest BCUT2D eigenvalue weighted by Crippen LogP contribution is 2.23. The minimum Gasteiger partial charge on any atom is -0.389 e. The van der Waals surface area contributed by atoms with E-state index in [1.165, 1.54) is 0 Å². The summed E-state index contributed by atoms with van der Waals surface area (Å²) in [5.41, 5.74) is 0.996. The molecule has 2 N–H and O–H groups in total. The van der Waals surface area contributed by atoms with Crippen LogP contribution in [0.1, 0.15) is 25.2 Å². The molecule has 0 aliphatic rings. The van der Waals surface area contributed by atoms with Crippen LogP contribution in [0, 0.1) is 6.92 Å². The fraction of sp³-hybridized carbons (Fsp3) is 0.714. The lowest BCUT2D eigenvalue weighted by molar-refractivity contribution is 0.0694. The Morgan fingerprint density at radius 3 is 2.60 bits per heavy atom. The van der Waals surface area contributed by atoms with Gasteiger partial charge in [0.1, 0.15) is 17.5 Å². The van der Waals surface area contributed by atoms with Gasteiger partial charge in [0.2, 0.25) is 0 Å². The zero-order valence-corrected chi connectivity index (χ0v) is 13.1. The first-order valence-corrected chi connectivity index (χ1v) is 7.02. The quantitative estimate of drug-likeness (QED) is 0.747. The predicted molar refractivity (Wildman–Crippen MR) is 81.5 cm³/mol. The average Bonchev–Trinajstić information content (AvgIpc) is 2.41. The summed E-state index contributed by atoms with van der Waals surface area (Å²) >= 11 is 0. The lowest BCUT2D eigenvalue weighted by Gasteiger charge is -2.24. The average molecular weight is 282 g/mol. The molecule has 0 aliphatic heterocycles. The highest BCUT2D eigenvalue weighted by molar-refractivity contribution is 5.58. The zero-order chi connectivity index (χ0) is 15.1. The third kappa shape index (κ3) is 4.31. The van der Waals surface area contributed by atoms with E-state index in [9.17, 15) is 5.11 Å². The second kappa shape index (κ2) is 8.01. The Hall–Kier alpha value is -1.40. The van der Waals surface area contributed by atoms with Crippen LogP contribution in [0.2, 0.25) is 0 Å². The molecule has 20 heavy (non-hydrogen) atoms. The molecule has 6 heteroatoms. The van der Waals surface area contributed by atoms with Crippen molar-refractivity contribution in [3.05, 3.63) is 11.4 Å². The molecular weight excluding hydrogens is 256 g/mol. The Kier molecular flexibility index (Phi) is 6.67. The van der Waals surface area contributed by atoms with Crippen molar-refractivity contribution in [1.29, 1.82) is 0 Å². The maximum atomic E-state index is 9.85. The molecule has 6 nitrogen and oxygen atoms in total. The summed E-state index contributed by atoms with van der Waals surface area (Å²) < 4.78 is 4.96. The third-order valence-corrected chi connectivity index (χ3v) is 3.03. The molecule has 1 aromatic rings. The minimum atomic E-state index is -0.535.